The number of benzene rings is 3. The maximum atomic E-state index is 13.5. The Morgan fingerprint density at radius 1 is 0.818 bits per heavy atom. The fourth-order valence-electron chi connectivity index (χ4n) is 3.97. The molecule has 164 valence electrons. The largest absolute Gasteiger partial charge is 0.337 e. The third-order valence-electron chi connectivity index (χ3n) is 5.75. The Morgan fingerprint density at radius 2 is 1.39 bits per heavy atom. The molecule has 2 aromatic heterocycles. The van der Waals surface area contributed by atoms with Crippen molar-refractivity contribution in [2.24, 2.45) is 7.05 Å². The molecule has 5 aromatic rings. The standard InChI is InChI=1S/C26H20Cl2N4O/c1-16-22(26(33)32(31(16)2)21-6-4-3-5-7-21)25-29-23(17-8-12-19(27)13-9-17)24(30-25)18-10-14-20(28)15-11-18/h3-15H,1-2H3,(H,29,30). The molecule has 0 aliphatic heterocycles. The van der Waals surface area contributed by atoms with Gasteiger partial charge in [0.05, 0.1) is 17.1 Å². The van der Waals surface area contributed by atoms with Crippen molar-refractivity contribution < 1.29 is 0 Å². The highest BCUT2D eigenvalue weighted by Gasteiger charge is 2.23. The van der Waals surface area contributed by atoms with Crippen molar-refractivity contribution in [2.45, 2.75) is 6.92 Å². The van der Waals surface area contributed by atoms with Crippen molar-refractivity contribution in [1.29, 1.82) is 0 Å². The molecule has 0 aliphatic rings. The minimum absolute atomic E-state index is 0.139. The minimum Gasteiger partial charge on any atom is -0.337 e. The van der Waals surface area contributed by atoms with Crippen molar-refractivity contribution >= 4 is 23.2 Å². The van der Waals surface area contributed by atoms with Crippen molar-refractivity contribution in [3.8, 4) is 39.6 Å². The highest BCUT2D eigenvalue weighted by atomic mass is 35.5. The third-order valence-corrected chi connectivity index (χ3v) is 6.25. The van der Waals surface area contributed by atoms with Crippen molar-refractivity contribution in [2.75, 3.05) is 0 Å². The molecule has 3 aromatic carbocycles. The van der Waals surface area contributed by atoms with E-state index >= 15 is 0 Å². The molecular weight excluding hydrogens is 455 g/mol. The first-order valence-corrected chi connectivity index (χ1v) is 11.2. The fraction of sp³-hybridized carbons (Fsp3) is 0.0769. The van der Waals surface area contributed by atoms with Crippen LogP contribution in [0, 0.1) is 6.92 Å². The monoisotopic (exact) mass is 474 g/mol. The van der Waals surface area contributed by atoms with E-state index in [1.54, 1.807) is 4.68 Å². The number of nitrogens with one attached hydrogen (secondary N) is 1. The molecule has 0 atom stereocenters. The lowest BCUT2D eigenvalue weighted by Gasteiger charge is -2.07. The maximum Gasteiger partial charge on any atom is 0.282 e. The number of H-pyrrole nitrogens is 1. The second-order valence-corrected chi connectivity index (χ2v) is 8.63. The van der Waals surface area contributed by atoms with Gasteiger partial charge in [0, 0.05) is 33.9 Å². The number of rotatable bonds is 4. The summed E-state index contributed by atoms with van der Waals surface area (Å²) in [5, 5.41) is 1.29. The molecule has 0 amide bonds. The van der Waals surface area contributed by atoms with Crippen LogP contribution in [-0.4, -0.2) is 19.3 Å². The molecule has 0 aliphatic carbocycles. The van der Waals surface area contributed by atoms with Crippen LogP contribution in [0.15, 0.2) is 83.7 Å². The van der Waals surface area contributed by atoms with Crippen LogP contribution in [0.1, 0.15) is 5.69 Å². The molecule has 5 rings (SSSR count). The van der Waals surface area contributed by atoms with E-state index in [-0.39, 0.29) is 5.56 Å². The Hall–Kier alpha value is -3.54. The smallest absolute Gasteiger partial charge is 0.282 e. The van der Waals surface area contributed by atoms with Crippen LogP contribution in [0.4, 0.5) is 0 Å². The molecule has 2 heterocycles. The van der Waals surface area contributed by atoms with Crippen molar-refractivity contribution in [1.82, 2.24) is 19.3 Å². The number of para-hydroxylation sites is 1. The first-order chi connectivity index (χ1) is 15.9. The molecule has 0 radical (unpaired) electrons. The van der Waals surface area contributed by atoms with Gasteiger partial charge in [-0.3, -0.25) is 9.48 Å². The van der Waals surface area contributed by atoms with Gasteiger partial charge in [0.2, 0.25) is 0 Å². The lowest BCUT2D eigenvalue weighted by Crippen LogP contribution is -2.20. The minimum atomic E-state index is -0.139. The molecule has 0 saturated heterocycles. The number of aromatic amines is 1. The summed E-state index contributed by atoms with van der Waals surface area (Å²) >= 11 is 12.2. The average molecular weight is 475 g/mol. The van der Waals surface area contributed by atoms with E-state index in [0.717, 1.165) is 33.9 Å². The average Bonchev–Trinajstić information content (AvgIpc) is 3.34. The van der Waals surface area contributed by atoms with Crippen molar-refractivity contribution in [3.63, 3.8) is 0 Å². The van der Waals surface area contributed by atoms with Gasteiger partial charge in [-0.1, -0.05) is 65.7 Å². The molecular formula is C26H20Cl2N4O. The van der Waals surface area contributed by atoms with Gasteiger partial charge in [-0.05, 0) is 43.3 Å². The normalized spacial score (nSPS) is 11.2. The van der Waals surface area contributed by atoms with E-state index in [1.165, 1.54) is 0 Å². The van der Waals surface area contributed by atoms with Crippen LogP contribution in [-0.2, 0) is 7.05 Å². The van der Waals surface area contributed by atoms with Crippen LogP contribution in [0.3, 0.4) is 0 Å². The van der Waals surface area contributed by atoms with Gasteiger partial charge in [0.25, 0.3) is 5.56 Å². The highest BCUT2D eigenvalue weighted by Crippen LogP contribution is 2.34. The molecule has 0 saturated carbocycles. The van der Waals surface area contributed by atoms with Gasteiger partial charge in [0.15, 0.2) is 0 Å². The van der Waals surface area contributed by atoms with E-state index < -0.39 is 0 Å². The van der Waals surface area contributed by atoms with Gasteiger partial charge >= 0.3 is 0 Å². The zero-order valence-electron chi connectivity index (χ0n) is 18.0. The summed E-state index contributed by atoms with van der Waals surface area (Å²) in [6, 6.07) is 24.6. The Kier molecular flexibility index (Phi) is 5.44. The number of imidazole rings is 1. The Balaban J connectivity index is 1.74. The molecule has 0 unspecified atom stereocenters. The van der Waals surface area contributed by atoms with Gasteiger partial charge in [-0.25, -0.2) is 9.67 Å². The van der Waals surface area contributed by atoms with Crippen LogP contribution in [0.2, 0.25) is 10.0 Å². The highest BCUT2D eigenvalue weighted by molar-refractivity contribution is 6.31. The summed E-state index contributed by atoms with van der Waals surface area (Å²) in [6.45, 7) is 1.92. The molecule has 1 N–H and O–H groups in total. The number of hydrogen-bond acceptors (Lipinski definition) is 2. The van der Waals surface area contributed by atoms with E-state index in [0.29, 0.717) is 21.4 Å². The fourth-order valence-corrected chi connectivity index (χ4v) is 4.23. The van der Waals surface area contributed by atoms with Gasteiger partial charge in [0.1, 0.15) is 11.4 Å². The van der Waals surface area contributed by atoms with Gasteiger partial charge < -0.3 is 4.98 Å². The Labute approximate surface area is 200 Å². The van der Waals surface area contributed by atoms with E-state index in [9.17, 15) is 4.79 Å². The summed E-state index contributed by atoms with van der Waals surface area (Å²) in [5.74, 6) is 0.512. The third kappa shape index (κ3) is 3.80. The topological polar surface area (TPSA) is 55.6 Å². The van der Waals surface area contributed by atoms with E-state index in [4.69, 9.17) is 28.2 Å². The molecule has 0 bridgehead atoms. The summed E-state index contributed by atoms with van der Waals surface area (Å²) < 4.78 is 3.50. The lowest BCUT2D eigenvalue weighted by atomic mass is 10.1. The van der Waals surface area contributed by atoms with E-state index in [1.807, 2.05) is 97.5 Å². The number of hydrogen-bond donors (Lipinski definition) is 1. The molecule has 33 heavy (non-hydrogen) atoms. The second kappa shape index (κ2) is 8.43. The van der Waals surface area contributed by atoms with Gasteiger partial charge in [-0.2, -0.15) is 0 Å². The number of nitrogens with zero attached hydrogens (tertiary/aromatic N) is 3. The predicted octanol–water partition coefficient (Wildman–Crippen LogP) is 6.52. The summed E-state index contributed by atoms with van der Waals surface area (Å²) in [6.07, 6.45) is 0. The first kappa shape index (κ1) is 21.3. The maximum absolute atomic E-state index is 13.5. The van der Waals surface area contributed by atoms with Crippen LogP contribution in [0.5, 0.6) is 0 Å². The van der Waals surface area contributed by atoms with Gasteiger partial charge in [-0.15, -0.1) is 0 Å². The van der Waals surface area contributed by atoms with Crippen LogP contribution in [0.25, 0.3) is 39.6 Å². The summed E-state index contributed by atoms with van der Waals surface area (Å²) in [5.41, 5.74) is 5.33. The predicted molar refractivity (Wildman–Crippen MR) is 134 cm³/mol. The molecule has 0 spiro atoms. The SMILES string of the molecule is Cc1c(-c2nc(-c3ccc(Cl)cc3)c(-c3ccc(Cl)cc3)[nH]2)c(=O)n(-c2ccccc2)n1C. The Morgan fingerprint density at radius 3 is 2.00 bits per heavy atom. The van der Waals surface area contributed by atoms with Crippen LogP contribution < -0.4 is 5.56 Å². The number of halogens is 2. The number of aromatic nitrogens is 4. The zero-order chi connectivity index (χ0) is 23.1. The van der Waals surface area contributed by atoms with Crippen LogP contribution >= 0.6 is 23.2 Å². The molecule has 7 heteroatoms. The second-order valence-electron chi connectivity index (χ2n) is 7.76. The lowest BCUT2D eigenvalue weighted by molar-refractivity contribution is 0.630. The molecule has 5 nitrogen and oxygen atoms in total. The zero-order valence-corrected chi connectivity index (χ0v) is 19.5. The van der Waals surface area contributed by atoms with E-state index in [2.05, 4.69) is 4.98 Å². The quantitative estimate of drug-likeness (QED) is 0.322. The summed E-state index contributed by atoms with van der Waals surface area (Å²) in [4.78, 5) is 21.8. The summed E-state index contributed by atoms with van der Waals surface area (Å²) in [7, 11) is 1.87. The Bertz CT molecular complexity index is 1430. The van der Waals surface area contributed by atoms with Crippen molar-refractivity contribution in [3.05, 3.63) is 105 Å². The molecule has 0 fully saturated rings. The first-order valence-electron chi connectivity index (χ1n) is 10.4.